The fourth-order valence-corrected chi connectivity index (χ4v) is 2.74. The fraction of sp³-hybridized carbons (Fsp3) is 0.538. The highest BCUT2D eigenvalue weighted by atomic mass is 32.2. The van der Waals surface area contributed by atoms with E-state index in [1.54, 1.807) is 11.8 Å². The van der Waals surface area contributed by atoms with Crippen LogP contribution in [0.1, 0.15) is 12.1 Å². The van der Waals surface area contributed by atoms with Crippen molar-refractivity contribution in [3.63, 3.8) is 0 Å². The standard InChI is InChI=1S/C13H19N3OS/c17-13(16-8-6-14-7-9-16)4-10-18-11-12-3-1-2-5-15-12/h1-3,5,14H,4,6-11H2. The van der Waals surface area contributed by atoms with Crippen LogP contribution in [0.4, 0.5) is 0 Å². The SMILES string of the molecule is O=C(CCSCc1ccccn1)N1CCNCC1. The van der Waals surface area contributed by atoms with Crippen LogP contribution in [-0.4, -0.2) is 47.7 Å². The molecule has 1 aliphatic heterocycles. The molecule has 0 unspecified atom stereocenters. The highest BCUT2D eigenvalue weighted by Gasteiger charge is 2.15. The van der Waals surface area contributed by atoms with Crippen LogP contribution in [0.15, 0.2) is 24.4 Å². The van der Waals surface area contributed by atoms with Gasteiger partial charge in [-0.2, -0.15) is 11.8 Å². The quantitative estimate of drug-likeness (QED) is 0.811. The zero-order valence-corrected chi connectivity index (χ0v) is 11.3. The largest absolute Gasteiger partial charge is 0.340 e. The van der Waals surface area contributed by atoms with E-state index in [1.807, 2.05) is 29.3 Å². The molecule has 0 bridgehead atoms. The van der Waals surface area contributed by atoms with Gasteiger partial charge in [0.05, 0.1) is 5.69 Å². The summed E-state index contributed by atoms with van der Waals surface area (Å²) in [5.41, 5.74) is 1.08. The fourth-order valence-electron chi connectivity index (χ4n) is 1.89. The number of hydrogen-bond acceptors (Lipinski definition) is 4. The van der Waals surface area contributed by atoms with Crippen molar-refractivity contribution in [3.8, 4) is 0 Å². The molecule has 1 aliphatic rings. The Morgan fingerprint density at radius 3 is 2.94 bits per heavy atom. The number of carbonyl (C=O) groups excluding carboxylic acids is 1. The predicted molar refractivity (Wildman–Crippen MR) is 74.5 cm³/mol. The summed E-state index contributed by atoms with van der Waals surface area (Å²) in [6.07, 6.45) is 2.44. The van der Waals surface area contributed by atoms with Crippen LogP contribution in [0.3, 0.4) is 0 Å². The van der Waals surface area contributed by atoms with Gasteiger partial charge in [0.15, 0.2) is 0 Å². The van der Waals surface area contributed by atoms with Gasteiger partial charge in [0.1, 0.15) is 0 Å². The Balaban J connectivity index is 1.61. The summed E-state index contributed by atoms with van der Waals surface area (Å²) in [5.74, 6) is 2.04. The summed E-state index contributed by atoms with van der Waals surface area (Å²) in [7, 11) is 0. The lowest BCUT2D eigenvalue weighted by Gasteiger charge is -2.27. The zero-order valence-electron chi connectivity index (χ0n) is 10.5. The van der Waals surface area contributed by atoms with Gasteiger partial charge in [0, 0.05) is 50.3 Å². The number of nitrogens with one attached hydrogen (secondary N) is 1. The first-order valence-corrected chi connectivity index (χ1v) is 7.48. The van der Waals surface area contributed by atoms with E-state index in [9.17, 15) is 4.79 Å². The second-order valence-corrected chi connectivity index (χ2v) is 5.36. The molecule has 0 aromatic carbocycles. The highest BCUT2D eigenvalue weighted by Crippen LogP contribution is 2.11. The summed E-state index contributed by atoms with van der Waals surface area (Å²) in [6, 6.07) is 5.93. The maximum Gasteiger partial charge on any atom is 0.223 e. The maximum absolute atomic E-state index is 11.9. The van der Waals surface area contributed by atoms with Crippen LogP contribution in [0.2, 0.25) is 0 Å². The Kier molecular flexibility index (Phi) is 5.48. The van der Waals surface area contributed by atoms with Gasteiger partial charge >= 0.3 is 0 Å². The van der Waals surface area contributed by atoms with Crippen LogP contribution in [0.5, 0.6) is 0 Å². The topological polar surface area (TPSA) is 45.2 Å². The van der Waals surface area contributed by atoms with Gasteiger partial charge in [-0.1, -0.05) is 6.07 Å². The van der Waals surface area contributed by atoms with Gasteiger partial charge in [0.25, 0.3) is 0 Å². The molecule has 0 saturated carbocycles. The van der Waals surface area contributed by atoms with Gasteiger partial charge in [-0.3, -0.25) is 9.78 Å². The lowest BCUT2D eigenvalue weighted by Crippen LogP contribution is -2.46. The molecule has 0 aliphatic carbocycles. The van der Waals surface area contributed by atoms with E-state index in [0.717, 1.165) is 43.4 Å². The lowest BCUT2D eigenvalue weighted by molar-refractivity contribution is -0.131. The first-order chi connectivity index (χ1) is 8.86. The van der Waals surface area contributed by atoms with E-state index in [0.29, 0.717) is 6.42 Å². The average molecular weight is 265 g/mol. The maximum atomic E-state index is 11.9. The molecule has 98 valence electrons. The van der Waals surface area contributed by atoms with Gasteiger partial charge in [-0.15, -0.1) is 0 Å². The van der Waals surface area contributed by atoms with Gasteiger partial charge in [0.2, 0.25) is 5.91 Å². The number of pyridine rings is 1. The minimum Gasteiger partial charge on any atom is -0.340 e. The number of thioether (sulfide) groups is 1. The number of nitrogens with zero attached hydrogens (tertiary/aromatic N) is 2. The second kappa shape index (κ2) is 7.38. The number of hydrogen-bond donors (Lipinski definition) is 1. The number of amides is 1. The molecule has 1 amide bonds. The molecular formula is C13H19N3OS. The molecule has 1 fully saturated rings. The first-order valence-electron chi connectivity index (χ1n) is 6.32. The minimum absolute atomic E-state index is 0.282. The van der Waals surface area contributed by atoms with E-state index < -0.39 is 0 Å². The molecule has 18 heavy (non-hydrogen) atoms. The predicted octanol–water partition coefficient (Wildman–Crippen LogP) is 1.14. The molecule has 1 aromatic rings. The number of rotatable bonds is 5. The average Bonchev–Trinajstić information content (AvgIpc) is 2.45. The van der Waals surface area contributed by atoms with Crippen molar-refractivity contribution in [2.45, 2.75) is 12.2 Å². The third-order valence-corrected chi connectivity index (χ3v) is 3.90. The Bertz CT molecular complexity index is 366. The second-order valence-electron chi connectivity index (χ2n) is 4.25. The summed E-state index contributed by atoms with van der Waals surface area (Å²) in [5, 5.41) is 3.25. The molecule has 0 atom stereocenters. The van der Waals surface area contributed by atoms with E-state index in [2.05, 4.69) is 10.3 Å². The third-order valence-electron chi connectivity index (χ3n) is 2.91. The van der Waals surface area contributed by atoms with Crippen LogP contribution >= 0.6 is 11.8 Å². The first kappa shape index (κ1) is 13.4. The van der Waals surface area contributed by atoms with Gasteiger partial charge < -0.3 is 10.2 Å². The zero-order chi connectivity index (χ0) is 12.6. The van der Waals surface area contributed by atoms with Crippen LogP contribution in [-0.2, 0) is 10.5 Å². The summed E-state index contributed by atoms with van der Waals surface area (Å²) >= 11 is 1.77. The molecule has 1 N–H and O–H groups in total. The number of carbonyl (C=O) groups is 1. The Hall–Kier alpha value is -1.07. The van der Waals surface area contributed by atoms with Crippen LogP contribution in [0, 0.1) is 0 Å². The number of piperazine rings is 1. The smallest absolute Gasteiger partial charge is 0.223 e. The Morgan fingerprint density at radius 1 is 1.39 bits per heavy atom. The van der Waals surface area contributed by atoms with Crippen LogP contribution < -0.4 is 5.32 Å². The molecule has 0 radical (unpaired) electrons. The summed E-state index contributed by atoms with van der Waals surface area (Å²) in [4.78, 5) is 18.1. The van der Waals surface area contributed by atoms with E-state index in [1.165, 1.54) is 0 Å². The molecule has 2 heterocycles. The third kappa shape index (κ3) is 4.31. The summed E-state index contributed by atoms with van der Waals surface area (Å²) in [6.45, 7) is 3.55. The normalized spacial score (nSPS) is 15.7. The van der Waals surface area contributed by atoms with E-state index in [-0.39, 0.29) is 5.91 Å². The molecule has 4 nitrogen and oxygen atoms in total. The van der Waals surface area contributed by atoms with Gasteiger partial charge in [-0.25, -0.2) is 0 Å². The highest BCUT2D eigenvalue weighted by molar-refractivity contribution is 7.98. The lowest BCUT2D eigenvalue weighted by atomic mass is 10.3. The van der Waals surface area contributed by atoms with Crippen molar-refractivity contribution in [2.75, 3.05) is 31.9 Å². The minimum atomic E-state index is 0.282. The monoisotopic (exact) mass is 265 g/mol. The van der Waals surface area contributed by atoms with Crippen molar-refractivity contribution >= 4 is 17.7 Å². The molecule has 0 spiro atoms. The molecule has 1 saturated heterocycles. The molecule has 1 aromatic heterocycles. The van der Waals surface area contributed by atoms with E-state index in [4.69, 9.17) is 0 Å². The number of aromatic nitrogens is 1. The van der Waals surface area contributed by atoms with Crippen molar-refractivity contribution in [1.82, 2.24) is 15.2 Å². The van der Waals surface area contributed by atoms with E-state index >= 15 is 0 Å². The van der Waals surface area contributed by atoms with Gasteiger partial charge in [-0.05, 0) is 12.1 Å². The molecule has 2 rings (SSSR count). The molecular weight excluding hydrogens is 246 g/mol. The van der Waals surface area contributed by atoms with Crippen molar-refractivity contribution in [2.24, 2.45) is 0 Å². The van der Waals surface area contributed by atoms with Crippen molar-refractivity contribution in [1.29, 1.82) is 0 Å². The Labute approximate surface area is 112 Å². The van der Waals surface area contributed by atoms with Crippen LogP contribution in [0.25, 0.3) is 0 Å². The van der Waals surface area contributed by atoms with Crippen molar-refractivity contribution < 1.29 is 4.79 Å². The molecule has 5 heteroatoms. The van der Waals surface area contributed by atoms with Crippen molar-refractivity contribution in [3.05, 3.63) is 30.1 Å². The summed E-state index contributed by atoms with van der Waals surface area (Å²) < 4.78 is 0. The Morgan fingerprint density at radius 2 is 2.22 bits per heavy atom.